The lowest BCUT2D eigenvalue weighted by atomic mass is 9.62. The standard InChI is InChI=1S/C50H63N3O11/c1-48(2,3)61-40(55)23-21-35(28-54)51-45(56)36(24-30-8-6-5-7-9-30)52(4)47(58)49-26-39-41-42(63-50(62-41,33-17-18-33)34-19-20-34)44(49)64-53(43(49)46(57)60-39)27-32-14-11-29(12-15-32)10-13-31-16-22-37-38(25-31)59-37/h5-15,31,33-39,41-44,54H,16-28H2,1-4H3,(H,51,56). The van der Waals surface area contributed by atoms with Gasteiger partial charge in [0.1, 0.15) is 41.5 Å². The van der Waals surface area contributed by atoms with E-state index in [9.17, 15) is 19.5 Å². The second kappa shape index (κ2) is 16.9. The molecule has 4 aliphatic heterocycles. The maximum absolute atomic E-state index is 15.8. The van der Waals surface area contributed by atoms with Crippen LogP contribution in [0.4, 0.5) is 0 Å². The van der Waals surface area contributed by atoms with Crippen LogP contribution in [0.1, 0.15) is 102 Å². The molecule has 8 fully saturated rings. The Morgan fingerprint density at radius 2 is 1.66 bits per heavy atom. The predicted molar refractivity (Wildman–Crippen MR) is 231 cm³/mol. The molecule has 2 aromatic rings. The molecule has 10 rings (SSSR count). The number of benzene rings is 2. The monoisotopic (exact) mass is 881 g/mol. The number of ether oxygens (including phenoxy) is 5. The van der Waals surface area contributed by atoms with Crippen LogP contribution >= 0.6 is 0 Å². The van der Waals surface area contributed by atoms with Crippen LogP contribution in [0.3, 0.4) is 0 Å². The Bertz CT molecular complexity index is 2110. The number of likely N-dealkylation sites (N-methyl/N-ethyl adjacent to an activating group) is 1. The Balaban J connectivity index is 0.940. The van der Waals surface area contributed by atoms with Crippen molar-refractivity contribution in [3.05, 3.63) is 77.4 Å². The molecule has 4 aliphatic carbocycles. The van der Waals surface area contributed by atoms with Crippen LogP contribution in [0.5, 0.6) is 0 Å². The molecular weight excluding hydrogens is 819 g/mol. The number of carbonyl (C=O) groups excluding carboxylic acids is 4. The number of aliphatic hydroxyl groups is 1. The molecule has 0 aromatic heterocycles. The Labute approximate surface area is 375 Å². The van der Waals surface area contributed by atoms with Crippen molar-refractivity contribution in [3.63, 3.8) is 0 Å². The minimum Gasteiger partial charge on any atom is -0.460 e. The first-order valence-electron chi connectivity index (χ1n) is 23.6. The topological polar surface area (TPSA) is 166 Å². The number of hydrogen-bond donors (Lipinski definition) is 2. The number of aliphatic hydroxyl groups excluding tert-OH is 1. The molecule has 8 aliphatic rings. The summed E-state index contributed by atoms with van der Waals surface area (Å²) in [7, 11) is 1.60. The third kappa shape index (κ3) is 8.43. The third-order valence-corrected chi connectivity index (χ3v) is 14.9. The van der Waals surface area contributed by atoms with E-state index in [1.54, 1.807) is 32.9 Å². The van der Waals surface area contributed by atoms with E-state index >= 15 is 4.79 Å². The average molecular weight is 882 g/mol. The van der Waals surface area contributed by atoms with E-state index in [0.717, 1.165) is 61.6 Å². The number of rotatable bonds is 16. The zero-order valence-corrected chi connectivity index (χ0v) is 37.4. The molecule has 11 unspecified atom stereocenters. The summed E-state index contributed by atoms with van der Waals surface area (Å²) in [5.41, 5.74) is 0.604. The van der Waals surface area contributed by atoms with Crippen LogP contribution in [0.2, 0.25) is 0 Å². The van der Waals surface area contributed by atoms with E-state index in [0.29, 0.717) is 18.1 Å². The number of fused-ring (bicyclic) bond motifs is 5. The van der Waals surface area contributed by atoms with Crippen molar-refractivity contribution in [1.29, 1.82) is 0 Å². The molecule has 11 atom stereocenters. The summed E-state index contributed by atoms with van der Waals surface area (Å²) in [5.74, 6) is -1.81. The highest BCUT2D eigenvalue weighted by atomic mass is 16.8. The van der Waals surface area contributed by atoms with Gasteiger partial charge in [0.25, 0.3) is 0 Å². The molecule has 4 heterocycles. The van der Waals surface area contributed by atoms with E-state index in [1.807, 2.05) is 42.5 Å². The van der Waals surface area contributed by atoms with E-state index in [-0.39, 0.29) is 44.1 Å². The minimum atomic E-state index is -1.49. The van der Waals surface area contributed by atoms with Crippen molar-refractivity contribution >= 4 is 29.8 Å². The van der Waals surface area contributed by atoms with E-state index < -0.39 is 89.7 Å². The second-order valence-electron chi connectivity index (χ2n) is 20.7. The molecule has 2 amide bonds. The lowest BCUT2D eigenvalue weighted by molar-refractivity contribution is -0.235. The number of hydroxylamine groups is 2. The van der Waals surface area contributed by atoms with Crippen LogP contribution in [0.15, 0.2) is 60.7 Å². The fraction of sp³-hybridized carbons (Fsp3) is 0.640. The number of epoxide rings is 1. The molecule has 2 N–H and O–H groups in total. The number of amides is 2. The van der Waals surface area contributed by atoms with Crippen molar-refractivity contribution in [2.45, 2.75) is 164 Å². The molecule has 14 heteroatoms. The summed E-state index contributed by atoms with van der Waals surface area (Å²) >= 11 is 0. The van der Waals surface area contributed by atoms with E-state index in [1.165, 1.54) is 4.90 Å². The van der Waals surface area contributed by atoms with Gasteiger partial charge >= 0.3 is 11.9 Å². The Morgan fingerprint density at radius 3 is 2.33 bits per heavy atom. The van der Waals surface area contributed by atoms with Crippen molar-refractivity contribution in [3.8, 4) is 0 Å². The van der Waals surface area contributed by atoms with E-state index in [4.69, 9.17) is 28.5 Å². The SMILES string of the molecule is CN(C(=O)C12CC3OC(=O)C1N(Cc1ccc(C=CC4CCC5OC5C4)cc1)OC2C1OC(C2CC2)(C2CC2)OC31)C(Cc1ccccc1)C(=O)NC(CO)CCC(=O)OC(C)(C)C. The lowest BCUT2D eigenvalue weighted by Crippen LogP contribution is -2.70. The maximum atomic E-state index is 15.8. The zero-order chi connectivity index (χ0) is 44.5. The normalized spacial score (nSPS) is 33.4. The van der Waals surface area contributed by atoms with Gasteiger partial charge in [-0.3, -0.25) is 24.0 Å². The first-order chi connectivity index (χ1) is 30.7. The van der Waals surface area contributed by atoms with Crippen molar-refractivity contribution in [2.75, 3.05) is 13.7 Å². The quantitative estimate of drug-likeness (QED) is 0.171. The highest BCUT2D eigenvalue weighted by Gasteiger charge is 2.78. The van der Waals surface area contributed by atoms with Gasteiger partial charge in [-0.15, -0.1) is 0 Å². The summed E-state index contributed by atoms with van der Waals surface area (Å²) < 4.78 is 31.5. The van der Waals surface area contributed by atoms with Gasteiger partial charge in [0.2, 0.25) is 11.8 Å². The molecule has 2 aromatic carbocycles. The molecule has 4 saturated carbocycles. The van der Waals surface area contributed by atoms with Gasteiger partial charge in [0, 0.05) is 38.1 Å². The number of hydrogen-bond acceptors (Lipinski definition) is 12. The van der Waals surface area contributed by atoms with Crippen molar-refractivity contribution in [2.24, 2.45) is 23.2 Å². The highest BCUT2D eigenvalue weighted by molar-refractivity contribution is 5.96. The Morgan fingerprint density at radius 1 is 0.938 bits per heavy atom. The smallest absolute Gasteiger partial charge is 0.327 e. The van der Waals surface area contributed by atoms with Gasteiger partial charge in [-0.05, 0) is 94.7 Å². The van der Waals surface area contributed by atoms with Crippen LogP contribution in [-0.4, -0.2) is 119 Å². The lowest BCUT2D eigenvalue weighted by Gasteiger charge is -2.50. The molecular formula is C50H63N3O11. The molecule has 4 saturated heterocycles. The fourth-order valence-corrected chi connectivity index (χ4v) is 11.3. The van der Waals surface area contributed by atoms with Gasteiger partial charge in [-0.2, -0.15) is 5.06 Å². The number of allylic oxidation sites excluding steroid dienone is 1. The Kier molecular flexibility index (Phi) is 11.5. The van der Waals surface area contributed by atoms with Crippen LogP contribution in [-0.2, 0) is 60.7 Å². The summed E-state index contributed by atoms with van der Waals surface area (Å²) in [6, 6.07) is 14.6. The third-order valence-electron chi connectivity index (χ3n) is 14.9. The molecule has 64 heavy (non-hydrogen) atoms. The maximum Gasteiger partial charge on any atom is 0.327 e. The van der Waals surface area contributed by atoms with E-state index in [2.05, 4.69) is 29.6 Å². The Hall–Kier alpha value is -4.18. The molecule has 2 bridgehead atoms. The summed E-state index contributed by atoms with van der Waals surface area (Å²) in [4.78, 5) is 65.9. The molecule has 14 nitrogen and oxygen atoms in total. The van der Waals surface area contributed by atoms with Gasteiger partial charge in [-0.25, -0.2) is 0 Å². The fourth-order valence-electron chi connectivity index (χ4n) is 11.3. The largest absolute Gasteiger partial charge is 0.460 e. The van der Waals surface area contributed by atoms with Crippen LogP contribution in [0, 0.1) is 23.2 Å². The van der Waals surface area contributed by atoms with Gasteiger partial charge in [-0.1, -0.05) is 66.7 Å². The molecule has 0 spiro atoms. The minimum absolute atomic E-state index is 0.0195. The first-order valence-corrected chi connectivity index (χ1v) is 23.6. The van der Waals surface area contributed by atoms with Gasteiger partial charge < -0.3 is 39.0 Å². The first kappa shape index (κ1) is 43.7. The number of nitrogens with one attached hydrogen (secondary N) is 1. The van der Waals surface area contributed by atoms with Gasteiger partial charge in [0.05, 0.1) is 31.4 Å². The zero-order valence-electron chi connectivity index (χ0n) is 37.4. The van der Waals surface area contributed by atoms with Gasteiger partial charge in [0.15, 0.2) is 11.8 Å². The summed E-state index contributed by atoms with van der Waals surface area (Å²) in [5, 5.41) is 14.9. The molecule has 344 valence electrons. The number of nitrogens with zero attached hydrogens (tertiary/aromatic N) is 2. The van der Waals surface area contributed by atoms with Crippen molar-refractivity contribution in [1.82, 2.24) is 15.3 Å². The number of carbonyl (C=O) groups is 4. The van der Waals surface area contributed by atoms with Crippen LogP contribution in [0.25, 0.3) is 6.08 Å². The average Bonchev–Trinajstić information content (AvgIpc) is 4.18. The molecule has 0 radical (unpaired) electrons. The van der Waals surface area contributed by atoms with Crippen molar-refractivity contribution < 1.29 is 52.8 Å². The highest BCUT2D eigenvalue weighted by Crippen LogP contribution is 2.64. The predicted octanol–water partition coefficient (Wildman–Crippen LogP) is 5.04. The van der Waals surface area contributed by atoms with Crippen LogP contribution < -0.4 is 5.32 Å². The summed E-state index contributed by atoms with van der Waals surface area (Å²) in [6.45, 7) is 5.12. The number of esters is 2. The second-order valence-corrected chi connectivity index (χ2v) is 20.7. The summed E-state index contributed by atoms with van der Waals surface area (Å²) in [6.07, 6.45) is 9.98.